The van der Waals surface area contributed by atoms with Crippen molar-refractivity contribution < 1.29 is 24.2 Å². The van der Waals surface area contributed by atoms with Crippen molar-refractivity contribution in [3.8, 4) is 5.75 Å². The number of nitrogens with zero attached hydrogens (tertiary/aromatic N) is 3. The molecule has 9 heteroatoms. The number of carbonyl (C=O) groups is 3. The number of thioether (sulfide) groups is 1. The Kier molecular flexibility index (Phi) is 6.96. The van der Waals surface area contributed by atoms with Gasteiger partial charge in [-0.1, -0.05) is 54.6 Å². The van der Waals surface area contributed by atoms with Gasteiger partial charge < -0.3 is 24.5 Å². The van der Waals surface area contributed by atoms with Gasteiger partial charge in [0.05, 0.1) is 36.3 Å². The summed E-state index contributed by atoms with van der Waals surface area (Å²) < 4.78 is 4.37. The summed E-state index contributed by atoms with van der Waals surface area (Å²) in [6.07, 6.45) is 8.35. The summed E-state index contributed by atoms with van der Waals surface area (Å²) in [6.45, 7) is 0.521. The lowest BCUT2D eigenvalue weighted by Gasteiger charge is -2.38. The molecule has 1 N–H and O–H groups in total. The summed E-state index contributed by atoms with van der Waals surface area (Å²) in [5.41, 5.74) is 1.66. The molecule has 0 saturated carbocycles. The molecule has 0 radical (unpaired) electrons. The molecule has 1 unspecified atom stereocenters. The Balaban J connectivity index is 1.47. The highest BCUT2D eigenvalue weighted by Gasteiger charge is 2.71. The minimum Gasteiger partial charge on any atom is -0.497 e. The van der Waals surface area contributed by atoms with Crippen molar-refractivity contribution in [2.45, 2.75) is 28.5 Å². The number of hydrogen-bond acceptors (Lipinski definition) is 6. The van der Waals surface area contributed by atoms with E-state index in [0.717, 1.165) is 5.56 Å². The van der Waals surface area contributed by atoms with Gasteiger partial charge in [-0.2, -0.15) is 0 Å². The molecule has 6 rings (SSSR count). The van der Waals surface area contributed by atoms with Crippen LogP contribution in [0.4, 0.5) is 5.69 Å². The molecule has 2 saturated heterocycles. The van der Waals surface area contributed by atoms with Crippen LogP contribution in [0.2, 0.25) is 0 Å². The molecular formula is C31H33N3O5S. The number of carbonyl (C=O) groups excluding carboxylic acids is 3. The minimum absolute atomic E-state index is 0.0842. The van der Waals surface area contributed by atoms with E-state index in [-0.39, 0.29) is 29.6 Å². The van der Waals surface area contributed by atoms with Crippen molar-refractivity contribution in [3.05, 3.63) is 84.5 Å². The zero-order chi connectivity index (χ0) is 28.0. The fourth-order valence-corrected chi connectivity index (χ4v) is 8.72. The molecule has 2 aromatic carbocycles. The Bertz CT molecular complexity index is 1360. The van der Waals surface area contributed by atoms with Gasteiger partial charge in [-0.05, 0) is 36.2 Å². The van der Waals surface area contributed by atoms with Crippen LogP contribution in [0.25, 0.3) is 0 Å². The van der Waals surface area contributed by atoms with Crippen LogP contribution in [0.1, 0.15) is 5.56 Å². The van der Waals surface area contributed by atoms with E-state index in [9.17, 15) is 19.5 Å². The van der Waals surface area contributed by atoms with Crippen molar-refractivity contribution >= 4 is 35.2 Å². The maximum absolute atomic E-state index is 14.6. The number of rotatable bonds is 6. The molecule has 0 aliphatic carbocycles. The Labute approximate surface area is 238 Å². The van der Waals surface area contributed by atoms with Gasteiger partial charge in [0.15, 0.2) is 0 Å². The van der Waals surface area contributed by atoms with Crippen LogP contribution in [0.15, 0.2) is 78.9 Å². The quantitative estimate of drug-likeness (QED) is 0.548. The summed E-state index contributed by atoms with van der Waals surface area (Å²) in [7, 11) is 3.35. The molecule has 6 atom stereocenters. The van der Waals surface area contributed by atoms with Gasteiger partial charge in [0.1, 0.15) is 11.8 Å². The molecule has 0 aromatic heterocycles. The van der Waals surface area contributed by atoms with E-state index in [1.165, 1.54) is 0 Å². The van der Waals surface area contributed by atoms with Crippen LogP contribution in [0.3, 0.4) is 0 Å². The van der Waals surface area contributed by atoms with E-state index >= 15 is 0 Å². The number of ether oxygens (including phenoxy) is 1. The van der Waals surface area contributed by atoms with Gasteiger partial charge in [-0.15, -0.1) is 11.8 Å². The number of amides is 3. The van der Waals surface area contributed by atoms with Gasteiger partial charge in [0.25, 0.3) is 5.91 Å². The number of likely N-dealkylation sites (N-methyl/N-ethyl adjacent to an activating group) is 1. The first-order valence-corrected chi connectivity index (χ1v) is 14.5. The van der Waals surface area contributed by atoms with Crippen LogP contribution < -0.4 is 9.64 Å². The van der Waals surface area contributed by atoms with Gasteiger partial charge >= 0.3 is 0 Å². The summed E-state index contributed by atoms with van der Waals surface area (Å²) >= 11 is 1.55. The Morgan fingerprint density at radius 2 is 1.75 bits per heavy atom. The SMILES string of the molecule is COc1ccc(N2CC=C[C@]34S[C@@H]5C=CCN(C)C(=O)[C@@H]5[C@H]3C(=O)N([C@@H](CO)Cc3ccccc3)C4C2=O)cc1. The maximum Gasteiger partial charge on any atom is 0.251 e. The van der Waals surface area contributed by atoms with Gasteiger partial charge in [0.2, 0.25) is 11.8 Å². The van der Waals surface area contributed by atoms with Crippen LogP contribution in [-0.2, 0) is 20.8 Å². The predicted octanol–water partition coefficient (Wildman–Crippen LogP) is 2.53. The third-order valence-corrected chi connectivity index (χ3v) is 10.3. The number of likely N-dealkylation sites (tertiary alicyclic amines) is 1. The fourth-order valence-electron chi connectivity index (χ4n) is 6.73. The second-order valence-corrected chi connectivity index (χ2v) is 12.3. The zero-order valence-electron chi connectivity index (χ0n) is 22.6. The van der Waals surface area contributed by atoms with Crippen molar-refractivity contribution in [2.24, 2.45) is 11.8 Å². The first-order chi connectivity index (χ1) is 19.4. The third-order valence-electron chi connectivity index (χ3n) is 8.60. The zero-order valence-corrected chi connectivity index (χ0v) is 23.4. The third kappa shape index (κ3) is 4.14. The second-order valence-electron chi connectivity index (χ2n) is 10.8. The topological polar surface area (TPSA) is 90.4 Å². The minimum atomic E-state index is -0.937. The molecule has 208 valence electrons. The highest BCUT2D eigenvalue weighted by atomic mass is 32.2. The lowest BCUT2D eigenvalue weighted by molar-refractivity contribution is -0.144. The second kappa shape index (κ2) is 10.4. The number of aliphatic hydroxyl groups is 1. The van der Waals surface area contributed by atoms with E-state index in [4.69, 9.17) is 4.74 Å². The number of aliphatic hydroxyl groups excluding tert-OH is 1. The summed E-state index contributed by atoms with van der Waals surface area (Å²) in [6, 6.07) is 15.5. The number of hydrogen-bond donors (Lipinski definition) is 1. The molecule has 2 fully saturated rings. The Hall–Kier alpha value is -3.56. The highest BCUT2D eigenvalue weighted by molar-refractivity contribution is 8.02. The number of fused-ring (bicyclic) bond motifs is 2. The van der Waals surface area contributed by atoms with Gasteiger partial charge in [0, 0.05) is 31.1 Å². The van der Waals surface area contributed by atoms with E-state index in [2.05, 4.69) is 0 Å². The normalized spacial score (nSPS) is 30.1. The lowest BCUT2D eigenvalue weighted by atomic mass is 9.78. The molecular weight excluding hydrogens is 526 g/mol. The Morgan fingerprint density at radius 1 is 1.00 bits per heavy atom. The molecule has 4 aliphatic rings. The first kappa shape index (κ1) is 26.7. The molecule has 8 nitrogen and oxygen atoms in total. The molecule has 2 aromatic rings. The van der Waals surface area contributed by atoms with Gasteiger partial charge in [-0.25, -0.2) is 0 Å². The summed E-state index contributed by atoms with van der Waals surface area (Å²) in [5, 5.41) is 10.4. The lowest BCUT2D eigenvalue weighted by Crippen LogP contribution is -2.57. The van der Waals surface area contributed by atoms with Crippen LogP contribution in [0, 0.1) is 11.8 Å². The van der Waals surface area contributed by atoms with E-state index in [1.54, 1.807) is 52.8 Å². The molecule has 40 heavy (non-hydrogen) atoms. The average Bonchev–Trinajstić information content (AvgIpc) is 3.31. The highest BCUT2D eigenvalue weighted by Crippen LogP contribution is 2.61. The maximum atomic E-state index is 14.6. The van der Waals surface area contributed by atoms with Crippen LogP contribution >= 0.6 is 11.8 Å². The van der Waals surface area contributed by atoms with E-state index < -0.39 is 28.7 Å². The summed E-state index contributed by atoms with van der Waals surface area (Å²) in [4.78, 5) is 47.8. The van der Waals surface area contributed by atoms with Crippen molar-refractivity contribution in [1.82, 2.24) is 9.80 Å². The van der Waals surface area contributed by atoms with Crippen LogP contribution in [-0.4, -0.2) is 88.6 Å². The molecule has 3 amide bonds. The summed E-state index contributed by atoms with van der Waals surface area (Å²) in [5.74, 6) is -1.17. The monoisotopic (exact) mass is 559 g/mol. The average molecular weight is 560 g/mol. The number of anilines is 1. The molecule has 1 spiro atoms. The molecule has 4 heterocycles. The van der Waals surface area contributed by atoms with Crippen molar-refractivity contribution in [1.29, 1.82) is 0 Å². The van der Waals surface area contributed by atoms with Gasteiger partial charge in [-0.3, -0.25) is 14.4 Å². The predicted molar refractivity (Wildman–Crippen MR) is 154 cm³/mol. The van der Waals surface area contributed by atoms with Crippen molar-refractivity contribution in [2.75, 3.05) is 38.8 Å². The van der Waals surface area contributed by atoms with E-state index in [0.29, 0.717) is 30.9 Å². The first-order valence-electron chi connectivity index (χ1n) is 13.6. The standard InChI is InChI=1S/C31H33N3O5S/c1-32-16-6-10-24-25(28(32)36)26-29(37)34(22(19-35)18-20-8-4-3-5-9-20)27-30(38)33(17-7-15-31(26,27)40-24)21-11-13-23(39-2)14-12-21/h3-15,22,24-27,35H,16-19H2,1-2H3/t22-,24-,25+,26+,27?,31+/m1/s1. The number of benzene rings is 2. The molecule has 0 bridgehead atoms. The van der Waals surface area contributed by atoms with Crippen LogP contribution in [0.5, 0.6) is 5.75 Å². The largest absolute Gasteiger partial charge is 0.497 e. The molecule has 4 aliphatic heterocycles. The van der Waals surface area contributed by atoms with Crippen molar-refractivity contribution in [3.63, 3.8) is 0 Å². The van der Waals surface area contributed by atoms with E-state index in [1.807, 2.05) is 66.8 Å². The fraction of sp³-hybridized carbons (Fsp3) is 0.387. The smallest absolute Gasteiger partial charge is 0.251 e. The Morgan fingerprint density at radius 3 is 2.45 bits per heavy atom. The number of methoxy groups -OCH3 is 1.